The molecule has 1 aliphatic rings. The molecule has 0 radical (unpaired) electrons. The number of ketones is 1. The number of nitrogens with zero attached hydrogens (tertiary/aromatic N) is 1. The van der Waals surface area contributed by atoms with Crippen LogP contribution in [0.4, 0.5) is 5.69 Å². The quantitative estimate of drug-likeness (QED) is 0.894. The number of aromatic nitrogens is 1. The molecule has 124 valence electrons. The van der Waals surface area contributed by atoms with Crippen molar-refractivity contribution in [2.24, 2.45) is 0 Å². The van der Waals surface area contributed by atoms with E-state index in [0.717, 1.165) is 12.5 Å². The highest BCUT2D eigenvalue weighted by Gasteiger charge is 2.29. The highest BCUT2D eigenvalue weighted by molar-refractivity contribution is 7.92. The van der Waals surface area contributed by atoms with Crippen LogP contribution >= 0.6 is 0 Å². The van der Waals surface area contributed by atoms with Crippen LogP contribution in [0.2, 0.25) is 0 Å². The van der Waals surface area contributed by atoms with E-state index in [1.807, 2.05) is 0 Å². The maximum Gasteiger partial charge on any atom is 0.236 e. The van der Waals surface area contributed by atoms with Crippen LogP contribution in [0.25, 0.3) is 10.9 Å². The Morgan fingerprint density at radius 3 is 2.39 bits per heavy atom. The van der Waals surface area contributed by atoms with Gasteiger partial charge in [-0.25, -0.2) is 20.8 Å². The highest BCUT2D eigenvalue weighted by atomic mass is 32.2. The Morgan fingerprint density at radius 2 is 1.78 bits per heavy atom. The number of carbonyl (C=O) groups excluding carboxylic acids is 1. The topological polar surface area (TPSA) is 102 Å². The lowest BCUT2D eigenvalue weighted by Crippen LogP contribution is -2.18. The molecule has 0 fully saturated rings. The average molecular weight is 356 g/mol. The van der Waals surface area contributed by atoms with Gasteiger partial charge in [0.25, 0.3) is 0 Å². The number of benzene rings is 1. The molecular formula is C14H16N2O5S2. The molecule has 9 heteroatoms. The fourth-order valence-corrected chi connectivity index (χ4v) is 4.71. The number of nitrogens with one attached hydrogen (secondary N) is 1. The first kappa shape index (κ1) is 16.0. The van der Waals surface area contributed by atoms with Gasteiger partial charge in [0.1, 0.15) is 0 Å². The second-order valence-electron chi connectivity index (χ2n) is 5.73. The number of hydrogen-bond donors (Lipinski definition) is 1. The van der Waals surface area contributed by atoms with Crippen molar-refractivity contribution in [2.45, 2.75) is 19.3 Å². The van der Waals surface area contributed by atoms with Crippen LogP contribution in [-0.2, 0) is 26.5 Å². The van der Waals surface area contributed by atoms with Gasteiger partial charge < -0.3 is 0 Å². The second kappa shape index (κ2) is 5.07. The van der Waals surface area contributed by atoms with E-state index in [4.69, 9.17) is 0 Å². The Morgan fingerprint density at radius 1 is 1.09 bits per heavy atom. The lowest BCUT2D eigenvalue weighted by atomic mass is 9.94. The molecule has 0 atom stereocenters. The van der Waals surface area contributed by atoms with Gasteiger partial charge in [0.2, 0.25) is 20.0 Å². The molecule has 1 aliphatic carbocycles. The van der Waals surface area contributed by atoms with Gasteiger partial charge in [-0.3, -0.25) is 9.52 Å². The van der Waals surface area contributed by atoms with Crippen molar-refractivity contribution in [3.8, 4) is 0 Å². The Labute approximate surface area is 134 Å². The first-order valence-corrected chi connectivity index (χ1v) is 10.7. The molecule has 3 rings (SSSR count). The number of fused-ring (bicyclic) bond motifs is 3. The highest BCUT2D eigenvalue weighted by Crippen LogP contribution is 2.34. The van der Waals surface area contributed by atoms with E-state index >= 15 is 0 Å². The van der Waals surface area contributed by atoms with E-state index in [1.54, 1.807) is 0 Å². The minimum absolute atomic E-state index is 0.116. The molecule has 1 heterocycles. The van der Waals surface area contributed by atoms with Crippen LogP contribution in [0.3, 0.4) is 0 Å². The molecule has 2 aromatic rings. The van der Waals surface area contributed by atoms with Gasteiger partial charge in [-0.2, -0.15) is 0 Å². The number of carbonyl (C=O) groups is 1. The maximum absolute atomic E-state index is 12.3. The van der Waals surface area contributed by atoms with E-state index in [2.05, 4.69) is 4.72 Å². The monoisotopic (exact) mass is 356 g/mol. The summed E-state index contributed by atoms with van der Waals surface area (Å²) in [5.74, 6) is -0.116. The zero-order chi connectivity index (χ0) is 17.0. The zero-order valence-corrected chi connectivity index (χ0v) is 14.3. The van der Waals surface area contributed by atoms with Gasteiger partial charge >= 0.3 is 0 Å². The van der Waals surface area contributed by atoms with E-state index in [0.29, 0.717) is 47.1 Å². The van der Waals surface area contributed by atoms with Crippen LogP contribution in [0.1, 0.15) is 28.9 Å². The van der Waals surface area contributed by atoms with Crippen molar-refractivity contribution in [3.05, 3.63) is 29.5 Å². The molecule has 0 saturated heterocycles. The summed E-state index contributed by atoms with van der Waals surface area (Å²) in [4.78, 5) is 12.3. The predicted molar refractivity (Wildman–Crippen MR) is 87.9 cm³/mol. The third kappa shape index (κ3) is 2.86. The lowest BCUT2D eigenvalue weighted by molar-refractivity contribution is 0.0974. The summed E-state index contributed by atoms with van der Waals surface area (Å²) in [6.07, 6.45) is 3.58. The molecule has 0 bridgehead atoms. The number of Topliss-reactive ketones (excluding diaryl/α,β-unsaturated/α-hetero) is 1. The van der Waals surface area contributed by atoms with E-state index < -0.39 is 20.0 Å². The summed E-state index contributed by atoms with van der Waals surface area (Å²) in [5, 5.41) is 0.462. The molecular weight excluding hydrogens is 340 g/mol. The van der Waals surface area contributed by atoms with Gasteiger partial charge in [-0.1, -0.05) is 0 Å². The normalized spacial score (nSPS) is 15.7. The standard InChI is InChI=1S/C14H16N2O5S2/c1-22(18,19)15-9-6-7-11-10(8-9)14-12(4-3-5-13(14)17)16(11)23(2,20)21/h6-8,15H,3-5H2,1-2H3. The molecule has 1 aromatic heterocycles. The number of anilines is 1. The van der Waals surface area contributed by atoms with Crippen molar-refractivity contribution in [2.75, 3.05) is 17.2 Å². The number of hydrogen-bond acceptors (Lipinski definition) is 5. The van der Waals surface area contributed by atoms with Gasteiger partial charge in [0.05, 0.1) is 18.0 Å². The Bertz CT molecular complexity index is 1030. The molecule has 0 aliphatic heterocycles. The summed E-state index contributed by atoms with van der Waals surface area (Å²) in [5.41, 5.74) is 1.56. The number of rotatable bonds is 3. The van der Waals surface area contributed by atoms with E-state index in [-0.39, 0.29) is 5.78 Å². The fraction of sp³-hybridized carbons (Fsp3) is 0.357. The first-order valence-electron chi connectivity index (χ1n) is 6.97. The second-order valence-corrected chi connectivity index (χ2v) is 9.31. The minimum Gasteiger partial charge on any atom is -0.294 e. The van der Waals surface area contributed by atoms with Crippen molar-refractivity contribution in [1.29, 1.82) is 0 Å². The molecule has 23 heavy (non-hydrogen) atoms. The van der Waals surface area contributed by atoms with Crippen molar-refractivity contribution < 1.29 is 21.6 Å². The fourth-order valence-electron chi connectivity index (χ4n) is 3.05. The third-order valence-corrected chi connectivity index (χ3v) is 5.44. The van der Waals surface area contributed by atoms with E-state index in [1.165, 1.54) is 22.2 Å². The third-order valence-electron chi connectivity index (χ3n) is 3.75. The Balaban J connectivity index is 2.36. The summed E-state index contributed by atoms with van der Waals surface area (Å²) >= 11 is 0. The summed E-state index contributed by atoms with van der Waals surface area (Å²) in [6.45, 7) is 0. The molecule has 1 N–H and O–H groups in total. The molecule has 1 aromatic carbocycles. The molecule has 0 unspecified atom stereocenters. The predicted octanol–water partition coefficient (Wildman–Crippen LogP) is 1.34. The van der Waals surface area contributed by atoms with Gasteiger partial charge in [-0.15, -0.1) is 0 Å². The average Bonchev–Trinajstić information content (AvgIpc) is 2.71. The van der Waals surface area contributed by atoms with Crippen LogP contribution in [0.15, 0.2) is 18.2 Å². The minimum atomic E-state index is -3.57. The number of sulfonamides is 1. The van der Waals surface area contributed by atoms with Crippen LogP contribution in [0, 0.1) is 0 Å². The van der Waals surface area contributed by atoms with Gasteiger partial charge in [0.15, 0.2) is 5.78 Å². The van der Waals surface area contributed by atoms with Crippen LogP contribution < -0.4 is 4.72 Å². The smallest absolute Gasteiger partial charge is 0.236 e. The molecule has 7 nitrogen and oxygen atoms in total. The molecule has 0 spiro atoms. The Kier molecular flexibility index (Phi) is 3.53. The summed E-state index contributed by atoms with van der Waals surface area (Å²) in [7, 11) is -7.04. The summed E-state index contributed by atoms with van der Waals surface area (Å²) < 4.78 is 50.6. The zero-order valence-electron chi connectivity index (χ0n) is 12.7. The SMILES string of the molecule is CS(=O)(=O)Nc1ccc2c(c1)c1c(n2S(C)(=O)=O)CCCC1=O. The molecule has 0 amide bonds. The molecule has 0 saturated carbocycles. The lowest BCUT2D eigenvalue weighted by Gasteiger charge is -2.13. The maximum atomic E-state index is 12.3. The van der Waals surface area contributed by atoms with Gasteiger partial charge in [0, 0.05) is 28.8 Å². The van der Waals surface area contributed by atoms with Crippen molar-refractivity contribution in [3.63, 3.8) is 0 Å². The van der Waals surface area contributed by atoms with Gasteiger partial charge in [-0.05, 0) is 31.0 Å². The Hall–Kier alpha value is -1.87. The van der Waals surface area contributed by atoms with Crippen molar-refractivity contribution >= 4 is 42.4 Å². The largest absolute Gasteiger partial charge is 0.294 e. The van der Waals surface area contributed by atoms with Crippen molar-refractivity contribution in [1.82, 2.24) is 3.97 Å². The van der Waals surface area contributed by atoms with Crippen LogP contribution in [0.5, 0.6) is 0 Å². The van der Waals surface area contributed by atoms with E-state index in [9.17, 15) is 21.6 Å². The van der Waals surface area contributed by atoms with Crippen LogP contribution in [-0.4, -0.2) is 39.1 Å². The first-order chi connectivity index (χ1) is 10.6. The summed E-state index contributed by atoms with van der Waals surface area (Å²) in [6, 6.07) is 4.52.